The molecule has 1 heterocycles. The SMILES string of the molecule is N[C@@H]1CCCC[C@H]1Nc1snc2ccccc12. The van der Waals surface area contributed by atoms with E-state index in [0.717, 1.165) is 11.9 Å². The van der Waals surface area contributed by atoms with Crippen molar-refractivity contribution < 1.29 is 0 Å². The van der Waals surface area contributed by atoms with Crippen LogP contribution in [0.5, 0.6) is 0 Å². The highest BCUT2D eigenvalue weighted by molar-refractivity contribution is 7.11. The standard InChI is InChI=1S/C13H17N3S/c14-10-6-2-4-8-12(10)15-13-9-5-1-3-7-11(9)16-17-13/h1,3,5,7,10,12,15H,2,4,6,8,14H2/t10-,12-/m1/s1. The van der Waals surface area contributed by atoms with Gasteiger partial charge >= 0.3 is 0 Å². The Kier molecular flexibility index (Phi) is 2.99. The van der Waals surface area contributed by atoms with Crippen LogP contribution in [-0.4, -0.2) is 16.5 Å². The Labute approximate surface area is 105 Å². The van der Waals surface area contributed by atoms with Crippen LogP contribution in [0.3, 0.4) is 0 Å². The molecule has 17 heavy (non-hydrogen) atoms. The predicted molar refractivity (Wildman–Crippen MR) is 73.5 cm³/mol. The predicted octanol–water partition coefficient (Wildman–Crippen LogP) is 2.98. The summed E-state index contributed by atoms with van der Waals surface area (Å²) in [4.78, 5) is 0. The maximum Gasteiger partial charge on any atom is 0.117 e. The van der Waals surface area contributed by atoms with Crippen LogP contribution in [0.15, 0.2) is 24.3 Å². The molecule has 1 aliphatic rings. The number of benzene rings is 1. The summed E-state index contributed by atoms with van der Waals surface area (Å²) in [7, 11) is 0. The lowest BCUT2D eigenvalue weighted by Gasteiger charge is -2.29. The Bertz CT molecular complexity index is 508. The molecule has 90 valence electrons. The van der Waals surface area contributed by atoms with Gasteiger partial charge in [-0.05, 0) is 36.5 Å². The molecule has 1 saturated carbocycles. The van der Waals surface area contributed by atoms with E-state index in [1.165, 1.54) is 29.6 Å². The van der Waals surface area contributed by atoms with Gasteiger partial charge in [-0.2, -0.15) is 4.37 Å². The molecule has 2 aromatic rings. The van der Waals surface area contributed by atoms with Crippen LogP contribution >= 0.6 is 11.5 Å². The van der Waals surface area contributed by atoms with Crippen molar-refractivity contribution in [2.75, 3.05) is 5.32 Å². The second-order valence-corrected chi connectivity index (χ2v) is 5.50. The monoisotopic (exact) mass is 247 g/mol. The van der Waals surface area contributed by atoms with Crippen molar-refractivity contribution in [2.45, 2.75) is 37.8 Å². The molecule has 2 atom stereocenters. The van der Waals surface area contributed by atoms with Gasteiger partial charge in [-0.25, -0.2) is 0 Å². The van der Waals surface area contributed by atoms with E-state index in [1.54, 1.807) is 11.5 Å². The third kappa shape index (κ3) is 2.15. The zero-order valence-corrected chi connectivity index (χ0v) is 10.5. The molecule has 0 amide bonds. The van der Waals surface area contributed by atoms with Crippen molar-refractivity contribution in [1.29, 1.82) is 0 Å². The second-order valence-electron chi connectivity index (χ2n) is 4.73. The quantitative estimate of drug-likeness (QED) is 0.857. The third-order valence-corrected chi connectivity index (χ3v) is 4.33. The fourth-order valence-electron chi connectivity index (χ4n) is 2.50. The van der Waals surface area contributed by atoms with Crippen molar-refractivity contribution in [3.8, 4) is 0 Å². The first-order valence-electron chi connectivity index (χ1n) is 6.21. The average molecular weight is 247 g/mol. The fourth-order valence-corrected chi connectivity index (χ4v) is 3.32. The van der Waals surface area contributed by atoms with E-state index in [0.29, 0.717) is 6.04 Å². The van der Waals surface area contributed by atoms with E-state index in [-0.39, 0.29) is 6.04 Å². The van der Waals surface area contributed by atoms with Gasteiger partial charge in [0, 0.05) is 17.5 Å². The second kappa shape index (κ2) is 4.63. The minimum absolute atomic E-state index is 0.282. The fraction of sp³-hybridized carbons (Fsp3) is 0.462. The number of hydrogen-bond acceptors (Lipinski definition) is 4. The Morgan fingerprint density at radius 1 is 1.24 bits per heavy atom. The minimum Gasteiger partial charge on any atom is -0.371 e. The molecule has 0 unspecified atom stereocenters. The van der Waals surface area contributed by atoms with Gasteiger partial charge in [0.1, 0.15) is 5.00 Å². The molecule has 0 spiro atoms. The third-order valence-electron chi connectivity index (χ3n) is 3.52. The first-order chi connectivity index (χ1) is 8.34. The van der Waals surface area contributed by atoms with E-state index in [9.17, 15) is 0 Å². The molecule has 1 aromatic heterocycles. The summed E-state index contributed by atoms with van der Waals surface area (Å²) in [6, 6.07) is 8.95. The van der Waals surface area contributed by atoms with Gasteiger partial charge in [0.25, 0.3) is 0 Å². The van der Waals surface area contributed by atoms with Crippen LogP contribution in [0, 0.1) is 0 Å². The first-order valence-corrected chi connectivity index (χ1v) is 6.98. The summed E-state index contributed by atoms with van der Waals surface area (Å²) in [5.41, 5.74) is 7.23. The van der Waals surface area contributed by atoms with Gasteiger partial charge in [-0.3, -0.25) is 0 Å². The maximum absolute atomic E-state index is 6.16. The summed E-state index contributed by atoms with van der Waals surface area (Å²) in [6.07, 6.45) is 4.85. The number of anilines is 1. The van der Waals surface area contributed by atoms with E-state index in [1.807, 2.05) is 6.07 Å². The van der Waals surface area contributed by atoms with Crippen LogP contribution in [0.1, 0.15) is 25.7 Å². The normalized spacial score (nSPS) is 25.0. The van der Waals surface area contributed by atoms with Crippen LogP contribution in [0.4, 0.5) is 5.00 Å². The number of nitrogens with one attached hydrogen (secondary N) is 1. The number of aromatic nitrogens is 1. The Morgan fingerprint density at radius 2 is 2.06 bits per heavy atom. The molecule has 3 nitrogen and oxygen atoms in total. The summed E-state index contributed by atoms with van der Waals surface area (Å²) >= 11 is 1.54. The van der Waals surface area contributed by atoms with Crippen LogP contribution in [-0.2, 0) is 0 Å². The van der Waals surface area contributed by atoms with Crippen LogP contribution in [0.25, 0.3) is 10.9 Å². The van der Waals surface area contributed by atoms with Crippen molar-refractivity contribution in [2.24, 2.45) is 5.73 Å². The van der Waals surface area contributed by atoms with E-state index in [4.69, 9.17) is 5.73 Å². The Balaban J connectivity index is 1.84. The zero-order valence-electron chi connectivity index (χ0n) is 9.73. The van der Waals surface area contributed by atoms with Gasteiger partial charge in [-0.1, -0.05) is 25.0 Å². The highest BCUT2D eigenvalue weighted by Crippen LogP contribution is 2.30. The highest BCUT2D eigenvalue weighted by Gasteiger charge is 2.22. The molecule has 4 heteroatoms. The molecule has 3 rings (SSSR count). The van der Waals surface area contributed by atoms with E-state index >= 15 is 0 Å². The lowest BCUT2D eigenvalue weighted by atomic mass is 9.91. The van der Waals surface area contributed by atoms with Gasteiger partial charge < -0.3 is 11.1 Å². The smallest absolute Gasteiger partial charge is 0.117 e. The molecule has 3 N–H and O–H groups in total. The number of rotatable bonds is 2. The molecule has 0 saturated heterocycles. The van der Waals surface area contributed by atoms with Crippen molar-refractivity contribution in [3.05, 3.63) is 24.3 Å². The number of fused-ring (bicyclic) bond motifs is 1. The van der Waals surface area contributed by atoms with Crippen LogP contribution < -0.4 is 11.1 Å². The van der Waals surface area contributed by atoms with Crippen molar-refractivity contribution >= 4 is 27.4 Å². The summed E-state index contributed by atoms with van der Waals surface area (Å²) < 4.78 is 4.45. The molecular formula is C13H17N3S. The van der Waals surface area contributed by atoms with Crippen LogP contribution in [0.2, 0.25) is 0 Å². The lowest BCUT2D eigenvalue weighted by Crippen LogP contribution is -2.42. The lowest BCUT2D eigenvalue weighted by molar-refractivity contribution is 0.405. The summed E-state index contributed by atoms with van der Waals surface area (Å²) in [5.74, 6) is 0. The Morgan fingerprint density at radius 3 is 2.94 bits per heavy atom. The molecule has 1 aliphatic carbocycles. The van der Waals surface area contributed by atoms with Crippen molar-refractivity contribution in [1.82, 2.24) is 4.37 Å². The largest absolute Gasteiger partial charge is 0.371 e. The molecule has 0 bridgehead atoms. The van der Waals surface area contributed by atoms with E-state index < -0.39 is 0 Å². The topological polar surface area (TPSA) is 50.9 Å². The molecule has 1 aromatic carbocycles. The van der Waals surface area contributed by atoms with Crippen molar-refractivity contribution in [3.63, 3.8) is 0 Å². The first kappa shape index (κ1) is 11.0. The summed E-state index contributed by atoms with van der Waals surface area (Å²) in [5, 5.41) is 5.97. The van der Waals surface area contributed by atoms with Gasteiger partial charge in [0.2, 0.25) is 0 Å². The van der Waals surface area contributed by atoms with E-state index in [2.05, 4.69) is 27.9 Å². The number of hydrogen-bond donors (Lipinski definition) is 2. The highest BCUT2D eigenvalue weighted by atomic mass is 32.1. The van der Waals surface area contributed by atoms with Gasteiger partial charge in [-0.15, -0.1) is 0 Å². The molecular weight excluding hydrogens is 230 g/mol. The van der Waals surface area contributed by atoms with Gasteiger partial charge in [0.05, 0.1) is 5.52 Å². The Hall–Kier alpha value is -1.13. The average Bonchev–Trinajstić information content (AvgIpc) is 2.76. The zero-order chi connectivity index (χ0) is 11.7. The molecule has 0 aliphatic heterocycles. The molecule has 1 fully saturated rings. The molecule has 0 radical (unpaired) electrons. The maximum atomic E-state index is 6.16. The minimum atomic E-state index is 0.282. The van der Waals surface area contributed by atoms with Gasteiger partial charge in [0.15, 0.2) is 0 Å². The number of nitrogens with zero attached hydrogens (tertiary/aromatic N) is 1. The summed E-state index contributed by atoms with van der Waals surface area (Å²) in [6.45, 7) is 0. The number of nitrogens with two attached hydrogens (primary N) is 1.